The van der Waals surface area contributed by atoms with Crippen molar-refractivity contribution in [3.8, 4) is 5.88 Å². The first-order valence-electron chi connectivity index (χ1n) is 6.79. The summed E-state index contributed by atoms with van der Waals surface area (Å²) in [4.78, 5) is 35.9. The Labute approximate surface area is 126 Å². The molecule has 0 aliphatic rings. The minimum absolute atomic E-state index is 0.234. The lowest BCUT2D eigenvalue weighted by atomic mass is 10.2. The highest BCUT2D eigenvalue weighted by atomic mass is 16.6. The van der Waals surface area contributed by atoms with E-state index in [1.807, 2.05) is 0 Å². The lowest BCUT2D eigenvalue weighted by molar-refractivity contribution is -0.137. The highest BCUT2D eigenvalue weighted by molar-refractivity contribution is 5.67. The fraction of sp³-hybridized carbons (Fsp3) is 0.615. The zero-order valence-corrected chi connectivity index (χ0v) is 12.8. The van der Waals surface area contributed by atoms with E-state index in [1.165, 1.54) is 0 Å². The summed E-state index contributed by atoms with van der Waals surface area (Å²) in [5.41, 5.74) is -1.03. The van der Waals surface area contributed by atoms with Crippen LogP contribution in [0.5, 0.6) is 5.88 Å². The van der Waals surface area contributed by atoms with Crippen LogP contribution in [-0.2, 0) is 22.5 Å². The van der Waals surface area contributed by atoms with Gasteiger partial charge in [0.2, 0.25) is 5.88 Å². The maximum absolute atomic E-state index is 11.5. The van der Waals surface area contributed by atoms with Crippen LogP contribution in [0, 0.1) is 0 Å². The van der Waals surface area contributed by atoms with Gasteiger partial charge in [-0.3, -0.25) is 9.36 Å². The van der Waals surface area contributed by atoms with Crippen molar-refractivity contribution in [1.82, 2.24) is 14.9 Å². The summed E-state index contributed by atoms with van der Waals surface area (Å²) in [6, 6.07) is 0. The van der Waals surface area contributed by atoms with Crippen molar-refractivity contribution in [3.05, 3.63) is 16.2 Å². The number of imidazole rings is 1. The number of carboxylic acid groups (broad SMARTS) is 1. The molecule has 0 aliphatic carbocycles. The largest absolute Gasteiger partial charge is 0.493 e. The molecule has 0 spiro atoms. The van der Waals surface area contributed by atoms with Gasteiger partial charge in [-0.2, -0.15) is 0 Å². The Morgan fingerprint density at radius 3 is 2.55 bits per heavy atom. The normalized spacial score (nSPS) is 11.2. The Morgan fingerprint density at radius 1 is 1.36 bits per heavy atom. The number of rotatable bonds is 6. The molecular formula is C13H21N3O6. The number of aromatic nitrogens is 2. The fourth-order valence-corrected chi connectivity index (χ4v) is 1.74. The smallest absolute Gasteiger partial charge is 0.407 e. The Hall–Kier alpha value is -2.45. The number of ether oxygens (including phenoxy) is 1. The van der Waals surface area contributed by atoms with Crippen LogP contribution in [0.1, 0.15) is 32.9 Å². The number of aliphatic carboxylic acids is 1. The Balaban J connectivity index is 2.48. The van der Waals surface area contributed by atoms with Crippen LogP contribution in [0.3, 0.4) is 0 Å². The number of carboxylic acids is 1. The molecule has 4 N–H and O–H groups in total. The zero-order chi connectivity index (χ0) is 16.9. The summed E-state index contributed by atoms with van der Waals surface area (Å²) in [5, 5.41) is 21.0. The summed E-state index contributed by atoms with van der Waals surface area (Å²) in [7, 11) is 0. The molecule has 0 fully saturated rings. The van der Waals surface area contributed by atoms with Gasteiger partial charge in [0.25, 0.3) is 0 Å². The van der Waals surface area contributed by atoms with Crippen LogP contribution in [0.2, 0.25) is 0 Å². The predicted octanol–water partition coefficient (Wildman–Crippen LogP) is 0.424. The number of carbonyl (C=O) groups excluding carboxylic acids is 1. The topological polar surface area (TPSA) is 134 Å². The van der Waals surface area contributed by atoms with Crippen molar-refractivity contribution in [2.24, 2.45) is 0 Å². The first-order valence-corrected chi connectivity index (χ1v) is 6.79. The van der Waals surface area contributed by atoms with E-state index < -0.39 is 35.8 Å². The van der Waals surface area contributed by atoms with E-state index in [1.54, 1.807) is 20.8 Å². The fourth-order valence-electron chi connectivity index (χ4n) is 1.74. The minimum Gasteiger partial charge on any atom is -0.493 e. The van der Waals surface area contributed by atoms with Gasteiger partial charge < -0.3 is 25.3 Å². The van der Waals surface area contributed by atoms with Gasteiger partial charge in [-0.15, -0.1) is 0 Å². The maximum atomic E-state index is 11.5. The third kappa shape index (κ3) is 5.51. The summed E-state index contributed by atoms with van der Waals surface area (Å²) in [6.07, 6.45) is 0.178. The average molecular weight is 315 g/mol. The van der Waals surface area contributed by atoms with Gasteiger partial charge in [0.05, 0.1) is 5.69 Å². The highest BCUT2D eigenvalue weighted by Gasteiger charge is 2.17. The SMILES string of the molecule is CC(C)(C)OC(=O)NCCCc1[nH]c(=O)n(CC(=O)O)c1O. The van der Waals surface area contributed by atoms with Crippen molar-refractivity contribution in [2.75, 3.05) is 6.54 Å². The van der Waals surface area contributed by atoms with E-state index in [9.17, 15) is 19.5 Å². The monoisotopic (exact) mass is 315 g/mol. The molecule has 1 amide bonds. The van der Waals surface area contributed by atoms with Crippen molar-refractivity contribution >= 4 is 12.1 Å². The van der Waals surface area contributed by atoms with E-state index in [2.05, 4.69) is 10.3 Å². The van der Waals surface area contributed by atoms with Crippen molar-refractivity contribution in [1.29, 1.82) is 0 Å². The number of carbonyl (C=O) groups is 2. The predicted molar refractivity (Wildman–Crippen MR) is 76.9 cm³/mol. The lowest BCUT2D eigenvalue weighted by Gasteiger charge is -2.19. The van der Waals surface area contributed by atoms with Crippen LogP contribution in [0.25, 0.3) is 0 Å². The van der Waals surface area contributed by atoms with Gasteiger partial charge in [0.15, 0.2) is 0 Å². The van der Waals surface area contributed by atoms with Crippen molar-refractivity contribution < 1.29 is 24.5 Å². The number of aromatic amines is 1. The van der Waals surface area contributed by atoms with Crippen LogP contribution in [0.4, 0.5) is 4.79 Å². The third-order valence-electron chi connectivity index (χ3n) is 2.59. The standard InChI is InChI=1S/C13H21N3O6/c1-13(2,3)22-12(21)14-6-4-5-8-10(19)16(7-9(17)18)11(20)15-8/h19H,4-7H2,1-3H3,(H,14,21)(H,15,20)(H,17,18). The molecule has 0 unspecified atom stereocenters. The summed E-state index contributed by atoms with van der Waals surface area (Å²) >= 11 is 0. The Morgan fingerprint density at radius 2 is 2.00 bits per heavy atom. The molecule has 0 aliphatic heterocycles. The number of aryl methyl sites for hydroxylation is 1. The lowest BCUT2D eigenvalue weighted by Crippen LogP contribution is -2.33. The molecule has 1 aromatic rings. The molecule has 0 atom stereocenters. The average Bonchev–Trinajstić information content (AvgIpc) is 2.60. The van der Waals surface area contributed by atoms with E-state index in [0.29, 0.717) is 13.0 Å². The molecular weight excluding hydrogens is 294 g/mol. The number of amides is 1. The summed E-state index contributed by atoms with van der Waals surface area (Å²) in [6.45, 7) is 4.93. The molecule has 0 bridgehead atoms. The van der Waals surface area contributed by atoms with Gasteiger partial charge >= 0.3 is 17.8 Å². The number of alkyl carbamates (subject to hydrolysis) is 1. The van der Waals surface area contributed by atoms with Crippen LogP contribution in [0.15, 0.2) is 4.79 Å². The molecule has 0 radical (unpaired) electrons. The zero-order valence-electron chi connectivity index (χ0n) is 12.8. The Bertz CT molecular complexity index is 596. The van der Waals surface area contributed by atoms with Gasteiger partial charge in [-0.1, -0.05) is 0 Å². The summed E-state index contributed by atoms with van der Waals surface area (Å²) < 4.78 is 5.79. The Kier molecular flexibility index (Phi) is 5.61. The molecule has 0 aromatic carbocycles. The number of nitrogens with zero attached hydrogens (tertiary/aromatic N) is 1. The minimum atomic E-state index is -1.23. The van der Waals surface area contributed by atoms with Gasteiger partial charge in [0, 0.05) is 6.54 Å². The van der Waals surface area contributed by atoms with Crippen LogP contribution < -0.4 is 11.0 Å². The molecule has 9 heteroatoms. The molecule has 1 heterocycles. The number of H-pyrrole nitrogens is 1. The number of hydrogen-bond donors (Lipinski definition) is 4. The third-order valence-corrected chi connectivity index (χ3v) is 2.59. The van der Waals surface area contributed by atoms with E-state index in [-0.39, 0.29) is 12.1 Å². The van der Waals surface area contributed by atoms with Crippen LogP contribution in [-0.4, -0.2) is 44.0 Å². The molecule has 9 nitrogen and oxygen atoms in total. The quantitative estimate of drug-likeness (QED) is 0.562. The first-order chi connectivity index (χ1) is 10.1. The maximum Gasteiger partial charge on any atom is 0.407 e. The van der Waals surface area contributed by atoms with Crippen molar-refractivity contribution in [2.45, 2.75) is 45.8 Å². The molecule has 22 heavy (non-hydrogen) atoms. The van der Waals surface area contributed by atoms with Gasteiger partial charge in [-0.25, -0.2) is 9.59 Å². The number of aromatic hydroxyl groups is 1. The molecule has 0 saturated carbocycles. The molecule has 124 valence electrons. The van der Waals surface area contributed by atoms with Crippen LogP contribution >= 0.6 is 0 Å². The van der Waals surface area contributed by atoms with Gasteiger partial charge in [-0.05, 0) is 33.6 Å². The van der Waals surface area contributed by atoms with E-state index in [4.69, 9.17) is 9.84 Å². The second kappa shape index (κ2) is 7.01. The molecule has 0 saturated heterocycles. The first kappa shape index (κ1) is 17.6. The van der Waals surface area contributed by atoms with E-state index in [0.717, 1.165) is 4.57 Å². The second-order valence-corrected chi connectivity index (χ2v) is 5.74. The number of hydrogen-bond acceptors (Lipinski definition) is 5. The number of nitrogens with one attached hydrogen (secondary N) is 2. The van der Waals surface area contributed by atoms with Gasteiger partial charge in [0.1, 0.15) is 12.1 Å². The summed E-state index contributed by atoms with van der Waals surface area (Å²) in [5.74, 6) is -1.63. The van der Waals surface area contributed by atoms with E-state index >= 15 is 0 Å². The highest BCUT2D eigenvalue weighted by Crippen LogP contribution is 2.14. The molecule has 1 aromatic heterocycles. The second-order valence-electron chi connectivity index (χ2n) is 5.74. The molecule has 1 rings (SSSR count). The van der Waals surface area contributed by atoms with Crippen molar-refractivity contribution in [3.63, 3.8) is 0 Å².